The first-order valence-electron chi connectivity index (χ1n) is 9.13. The summed E-state index contributed by atoms with van der Waals surface area (Å²) in [5.41, 5.74) is 4.51. The number of benzene rings is 1. The molecule has 0 saturated carbocycles. The Morgan fingerprint density at radius 1 is 1.31 bits per heavy atom. The average Bonchev–Trinajstić information content (AvgIpc) is 3.31. The van der Waals surface area contributed by atoms with E-state index in [9.17, 15) is 9.59 Å². The van der Waals surface area contributed by atoms with Crippen molar-refractivity contribution >= 4 is 28.8 Å². The largest absolute Gasteiger partial charge is 0.495 e. The molecule has 0 radical (unpaired) electrons. The maximum absolute atomic E-state index is 13.2. The lowest BCUT2D eigenvalue weighted by molar-refractivity contribution is -0.118. The standard InChI is InChI=1S/C20H21N5O3S/c1-12-18(29-11-21-12)20(27)25-9-13-8-24(2)23-17(13)14(10-25)19(26)22-15-6-4-5-7-16(15)28-3/h4-8,11,14H,9-10H2,1-3H3,(H,22,26)/t14-/m0/s1. The molecule has 4 rings (SSSR count). The smallest absolute Gasteiger partial charge is 0.266 e. The number of hydrogen-bond acceptors (Lipinski definition) is 6. The molecule has 1 atom stereocenters. The van der Waals surface area contributed by atoms with Gasteiger partial charge < -0.3 is 15.0 Å². The fourth-order valence-electron chi connectivity index (χ4n) is 3.53. The topological polar surface area (TPSA) is 89.4 Å². The van der Waals surface area contributed by atoms with Crippen LogP contribution in [0, 0.1) is 6.92 Å². The predicted molar refractivity (Wildman–Crippen MR) is 109 cm³/mol. The van der Waals surface area contributed by atoms with Gasteiger partial charge in [0.25, 0.3) is 5.91 Å². The van der Waals surface area contributed by atoms with Gasteiger partial charge in [-0.3, -0.25) is 14.3 Å². The van der Waals surface area contributed by atoms with Gasteiger partial charge in [0, 0.05) is 31.9 Å². The van der Waals surface area contributed by atoms with E-state index >= 15 is 0 Å². The van der Waals surface area contributed by atoms with Gasteiger partial charge in [0.05, 0.1) is 29.7 Å². The first-order chi connectivity index (χ1) is 14.0. The lowest BCUT2D eigenvalue weighted by Gasteiger charge is -2.31. The highest BCUT2D eigenvalue weighted by Crippen LogP contribution is 2.31. The number of ether oxygens (including phenoxy) is 1. The van der Waals surface area contributed by atoms with Crippen LogP contribution in [0.1, 0.15) is 32.5 Å². The van der Waals surface area contributed by atoms with Gasteiger partial charge in [-0.15, -0.1) is 11.3 Å². The van der Waals surface area contributed by atoms with Crippen molar-refractivity contribution in [3.05, 3.63) is 57.8 Å². The van der Waals surface area contributed by atoms with Crippen LogP contribution in [0.15, 0.2) is 36.0 Å². The summed E-state index contributed by atoms with van der Waals surface area (Å²) < 4.78 is 7.00. The fourth-order valence-corrected chi connectivity index (χ4v) is 4.30. The van der Waals surface area contributed by atoms with Crippen LogP contribution in [-0.2, 0) is 18.4 Å². The van der Waals surface area contributed by atoms with E-state index in [1.807, 2.05) is 32.3 Å². The number of carbonyl (C=O) groups is 2. The molecular formula is C20H21N5O3S. The normalized spacial score (nSPS) is 15.7. The number of amides is 2. The number of aryl methyl sites for hydroxylation is 2. The molecular weight excluding hydrogens is 390 g/mol. The van der Waals surface area contributed by atoms with Gasteiger partial charge in [-0.05, 0) is 19.1 Å². The number of hydrogen-bond donors (Lipinski definition) is 1. The average molecular weight is 411 g/mol. The SMILES string of the molecule is COc1ccccc1NC(=O)[C@H]1CN(C(=O)c2scnc2C)Cc2cn(C)nc21. The molecule has 29 heavy (non-hydrogen) atoms. The molecule has 1 N–H and O–H groups in total. The van der Waals surface area contributed by atoms with E-state index in [1.54, 1.807) is 34.3 Å². The van der Waals surface area contributed by atoms with Crippen molar-refractivity contribution < 1.29 is 14.3 Å². The molecule has 3 aromatic rings. The molecule has 0 saturated heterocycles. The summed E-state index contributed by atoms with van der Waals surface area (Å²) in [5.74, 6) is -0.351. The van der Waals surface area contributed by atoms with Gasteiger partial charge in [0.15, 0.2) is 0 Å². The van der Waals surface area contributed by atoms with E-state index in [2.05, 4.69) is 15.4 Å². The lowest BCUT2D eigenvalue weighted by atomic mass is 9.95. The van der Waals surface area contributed by atoms with Crippen LogP contribution in [0.25, 0.3) is 0 Å². The second-order valence-electron chi connectivity index (χ2n) is 6.91. The van der Waals surface area contributed by atoms with E-state index in [0.29, 0.717) is 34.2 Å². The summed E-state index contributed by atoms with van der Waals surface area (Å²) in [5, 5.41) is 7.41. The van der Waals surface area contributed by atoms with Crippen molar-refractivity contribution in [1.29, 1.82) is 0 Å². The molecule has 0 unspecified atom stereocenters. The van der Waals surface area contributed by atoms with Crippen molar-refractivity contribution in [2.75, 3.05) is 19.0 Å². The van der Waals surface area contributed by atoms with Crippen molar-refractivity contribution in [1.82, 2.24) is 19.7 Å². The Balaban J connectivity index is 1.63. The van der Waals surface area contributed by atoms with Crippen molar-refractivity contribution in [3.63, 3.8) is 0 Å². The minimum absolute atomic E-state index is 0.116. The molecule has 1 aromatic carbocycles. The number of thiazole rings is 1. The molecule has 2 aromatic heterocycles. The maximum atomic E-state index is 13.2. The summed E-state index contributed by atoms with van der Waals surface area (Å²) in [6.07, 6.45) is 1.86. The lowest BCUT2D eigenvalue weighted by Crippen LogP contribution is -2.42. The van der Waals surface area contributed by atoms with Crippen LogP contribution in [0.5, 0.6) is 5.75 Å². The Morgan fingerprint density at radius 2 is 2.10 bits per heavy atom. The first kappa shape index (κ1) is 19.1. The fraction of sp³-hybridized carbons (Fsp3) is 0.300. The van der Waals surface area contributed by atoms with Crippen LogP contribution in [-0.4, -0.2) is 45.1 Å². The zero-order valence-corrected chi connectivity index (χ0v) is 17.2. The Hall–Kier alpha value is -3.20. The van der Waals surface area contributed by atoms with Crippen LogP contribution in [0.2, 0.25) is 0 Å². The summed E-state index contributed by atoms with van der Waals surface area (Å²) >= 11 is 1.31. The van der Waals surface area contributed by atoms with Gasteiger partial charge in [-0.25, -0.2) is 4.98 Å². The van der Waals surface area contributed by atoms with E-state index in [0.717, 1.165) is 5.56 Å². The number of rotatable bonds is 4. The third kappa shape index (κ3) is 3.61. The summed E-state index contributed by atoms with van der Waals surface area (Å²) in [6, 6.07) is 7.23. The van der Waals surface area contributed by atoms with E-state index in [-0.39, 0.29) is 18.4 Å². The van der Waals surface area contributed by atoms with Crippen LogP contribution < -0.4 is 10.1 Å². The molecule has 3 heterocycles. The zero-order chi connectivity index (χ0) is 20.5. The Bertz CT molecular complexity index is 1070. The number of para-hydroxylation sites is 2. The van der Waals surface area contributed by atoms with Gasteiger partial charge in [-0.1, -0.05) is 12.1 Å². The Morgan fingerprint density at radius 3 is 2.83 bits per heavy atom. The third-order valence-corrected chi connectivity index (χ3v) is 5.86. The molecule has 0 aliphatic carbocycles. The van der Waals surface area contributed by atoms with Gasteiger partial charge in [-0.2, -0.15) is 5.10 Å². The Labute approximate surface area is 172 Å². The predicted octanol–water partition coefficient (Wildman–Crippen LogP) is 2.57. The van der Waals surface area contributed by atoms with E-state index < -0.39 is 5.92 Å². The molecule has 150 valence electrons. The molecule has 8 nitrogen and oxygen atoms in total. The number of nitrogens with zero attached hydrogens (tertiary/aromatic N) is 4. The first-order valence-corrected chi connectivity index (χ1v) is 10.0. The molecule has 0 bridgehead atoms. The number of anilines is 1. The number of carbonyl (C=O) groups excluding carboxylic acids is 2. The number of aromatic nitrogens is 3. The quantitative estimate of drug-likeness (QED) is 0.713. The molecule has 9 heteroatoms. The second kappa shape index (κ2) is 7.67. The third-order valence-electron chi connectivity index (χ3n) is 4.94. The van der Waals surface area contributed by atoms with Crippen LogP contribution in [0.4, 0.5) is 5.69 Å². The number of methoxy groups -OCH3 is 1. The van der Waals surface area contributed by atoms with E-state index in [1.165, 1.54) is 11.3 Å². The number of fused-ring (bicyclic) bond motifs is 1. The van der Waals surface area contributed by atoms with Crippen molar-refractivity contribution in [3.8, 4) is 5.75 Å². The van der Waals surface area contributed by atoms with Gasteiger partial charge >= 0.3 is 0 Å². The Kier molecular flexibility index (Phi) is 5.06. The van der Waals surface area contributed by atoms with Gasteiger partial charge in [0.2, 0.25) is 5.91 Å². The zero-order valence-electron chi connectivity index (χ0n) is 16.4. The number of nitrogens with one attached hydrogen (secondary N) is 1. The summed E-state index contributed by atoms with van der Waals surface area (Å²) in [7, 11) is 3.37. The molecule has 1 aliphatic heterocycles. The minimum Gasteiger partial charge on any atom is -0.495 e. The molecule has 0 spiro atoms. The highest BCUT2D eigenvalue weighted by atomic mass is 32.1. The highest BCUT2D eigenvalue weighted by molar-refractivity contribution is 7.11. The van der Waals surface area contributed by atoms with Crippen LogP contribution >= 0.6 is 11.3 Å². The maximum Gasteiger partial charge on any atom is 0.266 e. The summed E-state index contributed by atoms with van der Waals surface area (Å²) in [4.78, 5) is 32.7. The minimum atomic E-state index is -0.581. The van der Waals surface area contributed by atoms with Gasteiger partial charge in [0.1, 0.15) is 16.5 Å². The molecule has 0 fully saturated rings. The highest BCUT2D eigenvalue weighted by Gasteiger charge is 2.36. The summed E-state index contributed by atoms with van der Waals surface area (Å²) in [6.45, 7) is 2.48. The molecule has 1 aliphatic rings. The van der Waals surface area contributed by atoms with E-state index in [4.69, 9.17) is 4.74 Å². The monoisotopic (exact) mass is 411 g/mol. The van der Waals surface area contributed by atoms with Crippen molar-refractivity contribution in [2.24, 2.45) is 7.05 Å². The second-order valence-corrected chi connectivity index (χ2v) is 7.76. The van der Waals surface area contributed by atoms with Crippen molar-refractivity contribution in [2.45, 2.75) is 19.4 Å². The molecule has 2 amide bonds. The van der Waals surface area contributed by atoms with Crippen LogP contribution in [0.3, 0.4) is 0 Å².